The van der Waals surface area contributed by atoms with E-state index in [9.17, 15) is 0 Å². The minimum Gasteiger partial charge on any atom is -0.381 e. The molecule has 1 fully saturated rings. The molecular formula is C15H20N2O. The molecule has 0 radical (unpaired) electrons. The zero-order valence-electron chi connectivity index (χ0n) is 10.9. The summed E-state index contributed by atoms with van der Waals surface area (Å²) in [4.78, 5) is 0. The van der Waals surface area contributed by atoms with Gasteiger partial charge >= 0.3 is 0 Å². The van der Waals surface area contributed by atoms with Crippen LogP contribution in [0.5, 0.6) is 0 Å². The number of hydrogen-bond donors (Lipinski definition) is 1. The molecule has 3 heteroatoms. The third-order valence-corrected chi connectivity index (χ3v) is 3.68. The van der Waals surface area contributed by atoms with Gasteiger partial charge in [0.05, 0.1) is 11.6 Å². The van der Waals surface area contributed by atoms with Crippen LogP contribution in [0.4, 0.5) is 0 Å². The number of ether oxygens (including phenoxy) is 1. The molecule has 1 N–H and O–H groups in total. The van der Waals surface area contributed by atoms with E-state index in [-0.39, 0.29) is 0 Å². The van der Waals surface area contributed by atoms with Crippen molar-refractivity contribution in [1.82, 2.24) is 5.32 Å². The van der Waals surface area contributed by atoms with E-state index in [2.05, 4.69) is 18.3 Å². The Kier molecular flexibility index (Phi) is 4.74. The summed E-state index contributed by atoms with van der Waals surface area (Å²) in [6.07, 6.45) is 2.31. The van der Waals surface area contributed by atoms with Gasteiger partial charge in [-0.2, -0.15) is 5.26 Å². The number of benzene rings is 1. The van der Waals surface area contributed by atoms with Crippen molar-refractivity contribution in [3.05, 3.63) is 35.4 Å². The van der Waals surface area contributed by atoms with Crippen molar-refractivity contribution in [3.63, 3.8) is 0 Å². The van der Waals surface area contributed by atoms with Gasteiger partial charge < -0.3 is 10.1 Å². The molecular weight excluding hydrogens is 224 g/mol. The van der Waals surface area contributed by atoms with Crippen LogP contribution in [-0.2, 0) is 11.3 Å². The van der Waals surface area contributed by atoms with Crippen molar-refractivity contribution in [2.75, 3.05) is 13.2 Å². The Bertz CT molecular complexity index is 401. The van der Waals surface area contributed by atoms with E-state index in [4.69, 9.17) is 10.00 Å². The minimum absolute atomic E-state index is 0.518. The molecule has 1 saturated heterocycles. The van der Waals surface area contributed by atoms with Gasteiger partial charge in [-0.05, 0) is 43.4 Å². The number of hydrogen-bond acceptors (Lipinski definition) is 3. The Hall–Kier alpha value is -1.37. The van der Waals surface area contributed by atoms with Crippen LogP contribution in [0.15, 0.2) is 24.3 Å². The maximum Gasteiger partial charge on any atom is 0.0991 e. The maximum atomic E-state index is 8.74. The summed E-state index contributed by atoms with van der Waals surface area (Å²) in [5.41, 5.74) is 1.95. The normalized spacial score (nSPS) is 18.2. The predicted octanol–water partition coefficient (Wildman–Crippen LogP) is 2.46. The molecule has 3 nitrogen and oxygen atoms in total. The van der Waals surface area contributed by atoms with Gasteiger partial charge in [0.15, 0.2) is 0 Å². The highest BCUT2D eigenvalue weighted by molar-refractivity contribution is 5.31. The first-order valence-electron chi connectivity index (χ1n) is 6.60. The first-order valence-corrected chi connectivity index (χ1v) is 6.60. The van der Waals surface area contributed by atoms with E-state index in [0.717, 1.165) is 44.1 Å². The predicted molar refractivity (Wildman–Crippen MR) is 71.0 cm³/mol. The summed E-state index contributed by atoms with van der Waals surface area (Å²) < 4.78 is 5.38. The summed E-state index contributed by atoms with van der Waals surface area (Å²) in [6, 6.07) is 10.4. The van der Waals surface area contributed by atoms with Gasteiger partial charge in [0.25, 0.3) is 0 Å². The Morgan fingerprint density at radius 2 is 2.00 bits per heavy atom. The summed E-state index contributed by atoms with van der Waals surface area (Å²) in [7, 11) is 0. The molecule has 0 bridgehead atoms. The Morgan fingerprint density at radius 3 is 2.61 bits per heavy atom. The Balaban J connectivity index is 1.81. The molecule has 1 aromatic carbocycles. The van der Waals surface area contributed by atoms with Crippen molar-refractivity contribution in [2.45, 2.75) is 32.4 Å². The van der Waals surface area contributed by atoms with Crippen molar-refractivity contribution >= 4 is 0 Å². The van der Waals surface area contributed by atoms with E-state index in [0.29, 0.717) is 6.04 Å². The van der Waals surface area contributed by atoms with Gasteiger partial charge in [-0.25, -0.2) is 0 Å². The van der Waals surface area contributed by atoms with Gasteiger partial charge in [-0.1, -0.05) is 12.1 Å². The van der Waals surface area contributed by atoms with E-state index < -0.39 is 0 Å². The van der Waals surface area contributed by atoms with Gasteiger partial charge in [-0.3, -0.25) is 0 Å². The summed E-state index contributed by atoms with van der Waals surface area (Å²) in [6.45, 7) is 4.91. The van der Waals surface area contributed by atoms with Crippen molar-refractivity contribution in [2.24, 2.45) is 5.92 Å². The molecule has 1 heterocycles. The number of rotatable bonds is 4. The second-order valence-corrected chi connectivity index (χ2v) is 4.93. The zero-order chi connectivity index (χ0) is 12.8. The zero-order valence-corrected chi connectivity index (χ0v) is 10.9. The van der Waals surface area contributed by atoms with Crippen LogP contribution in [0.25, 0.3) is 0 Å². The molecule has 0 amide bonds. The fourth-order valence-corrected chi connectivity index (χ4v) is 2.36. The number of nitrogens with zero attached hydrogens (tertiary/aromatic N) is 1. The average Bonchev–Trinajstić information content (AvgIpc) is 2.46. The van der Waals surface area contributed by atoms with Crippen molar-refractivity contribution in [1.29, 1.82) is 5.26 Å². The molecule has 18 heavy (non-hydrogen) atoms. The monoisotopic (exact) mass is 244 g/mol. The fraction of sp³-hybridized carbons (Fsp3) is 0.533. The minimum atomic E-state index is 0.518. The lowest BCUT2D eigenvalue weighted by atomic mass is 9.93. The molecule has 0 aliphatic carbocycles. The molecule has 96 valence electrons. The molecule has 2 rings (SSSR count). The van der Waals surface area contributed by atoms with Gasteiger partial charge in [-0.15, -0.1) is 0 Å². The van der Waals surface area contributed by atoms with E-state index >= 15 is 0 Å². The third kappa shape index (κ3) is 3.56. The van der Waals surface area contributed by atoms with Gasteiger partial charge in [0.1, 0.15) is 0 Å². The third-order valence-electron chi connectivity index (χ3n) is 3.68. The highest BCUT2D eigenvalue weighted by atomic mass is 16.5. The lowest BCUT2D eigenvalue weighted by Gasteiger charge is -2.28. The first-order chi connectivity index (χ1) is 8.79. The largest absolute Gasteiger partial charge is 0.381 e. The molecule has 0 aromatic heterocycles. The lowest BCUT2D eigenvalue weighted by Crippen LogP contribution is -2.36. The molecule has 0 spiro atoms. The fourth-order valence-electron chi connectivity index (χ4n) is 2.36. The summed E-state index contributed by atoms with van der Waals surface area (Å²) >= 11 is 0. The topological polar surface area (TPSA) is 45.0 Å². The molecule has 1 aliphatic rings. The molecule has 0 saturated carbocycles. The quantitative estimate of drug-likeness (QED) is 0.885. The maximum absolute atomic E-state index is 8.74. The summed E-state index contributed by atoms with van der Waals surface area (Å²) in [5.74, 6) is 0.720. The van der Waals surface area contributed by atoms with E-state index in [1.165, 1.54) is 5.56 Å². The van der Waals surface area contributed by atoms with E-state index in [1.54, 1.807) is 0 Å². The second-order valence-electron chi connectivity index (χ2n) is 4.93. The van der Waals surface area contributed by atoms with Crippen LogP contribution >= 0.6 is 0 Å². The van der Waals surface area contributed by atoms with Crippen LogP contribution in [0, 0.1) is 17.2 Å². The van der Waals surface area contributed by atoms with Crippen molar-refractivity contribution < 1.29 is 4.74 Å². The number of nitriles is 1. The van der Waals surface area contributed by atoms with E-state index in [1.807, 2.05) is 24.3 Å². The van der Waals surface area contributed by atoms with Crippen LogP contribution < -0.4 is 5.32 Å². The second kappa shape index (κ2) is 6.53. The standard InChI is InChI=1S/C15H20N2O/c1-12(15-6-8-18-9-7-15)17-11-14-4-2-13(10-16)3-5-14/h2-5,12,15,17H,6-9,11H2,1H3. The van der Waals surface area contributed by atoms with Crippen molar-refractivity contribution in [3.8, 4) is 6.07 Å². The van der Waals surface area contributed by atoms with Crippen LogP contribution in [-0.4, -0.2) is 19.3 Å². The van der Waals surface area contributed by atoms with Crippen LogP contribution in [0.3, 0.4) is 0 Å². The Labute approximate surface area is 109 Å². The first kappa shape index (κ1) is 13.1. The highest BCUT2D eigenvalue weighted by Crippen LogP contribution is 2.18. The molecule has 1 aliphatic heterocycles. The average molecular weight is 244 g/mol. The lowest BCUT2D eigenvalue weighted by molar-refractivity contribution is 0.0558. The highest BCUT2D eigenvalue weighted by Gasteiger charge is 2.19. The summed E-state index contributed by atoms with van der Waals surface area (Å²) in [5, 5.41) is 12.3. The van der Waals surface area contributed by atoms with Gasteiger partial charge in [0.2, 0.25) is 0 Å². The van der Waals surface area contributed by atoms with Gasteiger partial charge in [0, 0.05) is 25.8 Å². The number of nitrogens with one attached hydrogen (secondary N) is 1. The Morgan fingerprint density at radius 1 is 1.33 bits per heavy atom. The molecule has 1 unspecified atom stereocenters. The van der Waals surface area contributed by atoms with Crippen LogP contribution in [0.1, 0.15) is 30.9 Å². The molecule has 1 aromatic rings. The smallest absolute Gasteiger partial charge is 0.0991 e. The molecule has 1 atom stereocenters. The SMILES string of the molecule is CC(NCc1ccc(C#N)cc1)C1CCOCC1. The van der Waals surface area contributed by atoms with Crippen LogP contribution in [0.2, 0.25) is 0 Å².